The molecule has 2 aromatic heterocycles. The Kier molecular flexibility index (Phi) is 5.78. The van der Waals surface area contributed by atoms with E-state index in [0.29, 0.717) is 17.5 Å². The SMILES string of the molecule is c1ccc(-c2nc(-c3ccc(-c4cccc5ccccc45)cc3)nc(-c3cccc4oc5cc6ccccc6cc5c34)n2)cc1. The van der Waals surface area contributed by atoms with Crippen LogP contribution in [-0.2, 0) is 0 Å². The molecule has 0 N–H and O–H groups in total. The van der Waals surface area contributed by atoms with Crippen LogP contribution in [0.15, 0.2) is 156 Å². The van der Waals surface area contributed by atoms with Gasteiger partial charge in [0.05, 0.1) is 0 Å². The molecule has 9 rings (SSSR count). The molecule has 4 heteroatoms. The zero-order valence-electron chi connectivity index (χ0n) is 24.2. The van der Waals surface area contributed by atoms with Gasteiger partial charge in [-0.05, 0) is 50.9 Å². The lowest BCUT2D eigenvalue weighted by Crippen LogP contribution is -2.00. The van der Waals surface area contributed by atoms with Crippen LogP contribution in [0.5, 0.6) is 0 Å². The van der Waals surface area contributed by atoms with Gasteiger partial charge in [-0.15, -0.1) is 0 Å². The Morgan fingerprint density at radius 3 is 1.73 bits per heavy atom. The van der Waals surface area contributed by atoms with Crippen LogP contribution in [0.1, 0.15) is 0 Å². The number of benzene rings is 7. The van der Waals surface area contributed by atoms with Crippen molar-refractivity contribution in [2.75, 3.05) is 0 Å². The smallest absolute Gasteiger partial charge is 0.164 e. The Hall–Kier alpha value is -6.13. The molecule has 0 aliphatic rings. The minimum absolute atomic E-state index is 0.610. The number of hydrogen-bond acceptors (Lipinski definition) is 4. The van der Waals surface area contributed by atoms with Crippen LogP contribution >= 0.6 is 0 Å². The number of nitrogens with zero attached hydrogens (tertiary/aromatic N) is 3. The fraction of sp³-hybridized carbons (Fsp3) is 0. The van der Waals surface area contributed by atoms with Gasteiger partial charge in [-0.25, -0.2) is 15.0 Å². The number of hydrogen-bond donors (Lipinski definition) is 0. The predicted molar refractivity (Wildman–Crippen MR) is 184 cm³/mol. The highest BCUT2D eigenvalue weighted by atomic mass is 16.3. The van der Waals surface area contributed by atoms with Gasteiger partial charge in [-0.1, -0.05) is 133 Å². The van der Waals surface area contributed by atoms with Crippen molar-refractivity contribution in [1.82, 2.24) is 15.0 Å². The fourth-order valence-electron chi connectivity index (χ4n) is 6.32. The summed E-state index contributed by atoms with van der Waals surface area (Å²) >= 11 is 0. The van der Waals surface area contributed by atoms with E-state index in [1.54, 1.807) is 0 Å². The third kappa shape index (κ3) is 4.35. The summed E-state index contributed by atoms with van der Waals surface area (Å²) < 4.78 is 6.37. The van der Waals surface area contributed by atoms with Gasteiger partial charge in [0.2, 0.25) is 0 Å². The average molecular weight is 576 g/mol. The summed E-state index contributed by atoms with van der Waals surface area (Å²) in [5.74, 6) is 1.86. The molecule has 0 radical (unpaired) electrons. The Balaban J connectivity index is 1.23. The second-order valence-corrected chi connectivity index (χ2v) is 11.3. The second kappa shape index (κ2) is 10.2. The average Bonchev–Trinajstić information content (AvgIpc) is 3.48. The first kappa shape index (κ1) is 25.4. The number of aromatic nitrogens is 3. The first-order chi connectivity index (χ1) is 22.3. The maximum Gasteiger partial charge on any atom is 0.164 e. The van der Waals surface area contributed by atoms with E-state index in [9.17, 15) is 0 Å². The lowest BCUT2D eigenvalue weighted by Gasteiger charge is -2.10. The minimum Gasteiger partial charge on any atom is -0.456 e. The van der Waals surface area contributed by atoms with E-state index in [1.165, 1.54) is 16.3 Å². The molecule has 45 heavy (non-hydrogen) atoms. The van der Waals surface area contributed by atoms with Crippen molar-refractivity contribution in [3.8, 4) is 45.3 Å². The van der Waals surface area contributed by atoms with Crippen molar-refractivity contribution in [2.45, 2.75) is 0 Å². The zero-order chi connectivity index (χ0) is 29.7. The van der Waals surface area contributed by atoms with Gasteiger partial charge in [0.25, 0.3) is 0 Å². The Morgan fingerprint density at radius 2 is 0.933 bits per heavy atom. The molecular formula is C41H25N3O. The van der Waals surface area contributed by atoms with E-state index in [-0.39, 0.29) is 0 Å². The van der Waals surface area contributed by atoms with Crippen LogP contribution in [0.25, 0.3) is 88.8 Å². The van der Waals surface area contributed by atoms with Crippen molar-refractivity contribution >= 4 is 43.5 Å². The van der Waals surface area contributed by atoms with Crippen molar-refractivity contribution in [3.05, 3.63) is 152 Å². The predicted octanol–water partition coefficient (Wildman–Crippen LogP) is 10.7. The molecule has 7 aromatic carbocycles. The van der Waals surface area contributed by atoms with Crippen LogP contribution in [0.2, 0.25) is 0 Å². The molecule has 0 saturated heterocycles. The van der Waals surface area contributed by atoms with E-state index < -0.39 is 0 Å². The first-order valence-electron chi connectivity index (χ1n) is 15.0. The van der Waals surface area contributed by atoms with E-state index in [4.69, 9.17) is 19.4 Å². The highest BCUT2D eigenvalue weighted by Gasteiger charge is 2.18. The summed E-state index contributed by atoms with van der Waals surface area (Å²) in [7, 11) is 0. The van der Waals surface area contributed by atoms with Crippen molar-refractivity contribution in [3.63, 3.8) is 0 Å². The van der Waals surface area contributed by atoms with Crippen LogP contribution in [-0.4, -0.2) is 15.0 Å². The molecule has 0 unspecified atom stereocenters. The topological polar surface area (TPSA) is 51.8 Å². The molecule has 9 aromatic rings. The maximum absolute atomic E-state index is 6.37. The molecule has 2 heterocycles. The Morgan fingerprint density at radius 1 is 0.356 bits per heavy atom. The first-order valence-corrected chi connectivity index (χ1v) is 15.0. The lowest BCUT2D eigenvalue weighted by molar-refractivity contribution is 0.669. The second-order valence-electron chi connectivity index (χ2n) is 11.3. The van der Waals surface area contributed by atoms with Crippen LogP contribution < -0.4 is 0 Å². The van der Waals surface area contributed by atoms with Gasteiger partial charge in [-0.2, -0.15) is 0 Å². The number of fused-ring (bicyclic) bond motifs is 5. The zero-order valence-corrected chi connectivity index (χ0v) is 24.2. The molecule has 0 atom stereocenters. The summed E-state index contributed by atoms with van der Waals surface area (Å²) in [5, 5.41) is 6.81. The van der Waals surface area contributed by atoms with Gasteiger partial charge in [0.15, 0.2) is 17.5 Å². The van der Waals surface area contributed by atoms with Gasteiger partial charge >= 0.3 is 0 Å². The van der Waals surface area contributed by atoms with E-state index in [1.807, 2.05) is 48.5 Å². The van der Waals surface area contributed by atoms with Crippen molar-refractivity contribution in [2.24, 2.45) is 0 Å². The molecule has 210 valence electrons. The van der Waals surface area contributed by atoms with Crippen LogP contribution in [0, 0.1) is 0 Å². The fourth-order valence-corrected chi connectivity index (χ4v) is 6.32. The number of furan rings is 1. The monoisotopic (exact) mass is 575 g/mol. The molecule has 0 fully saturated rings. The molecule has 0 aliphatic carbocycles. The summed E-state index contributed by atoms with van der Waals surface area (Å²) in [6.07, 6.45) is 0. The Bertz CT molecular complexity index is 2530. The molecular weight excluding hydrogens is 550 g/mol. The normalized spacial score (nSPS) is 11.6. The lowest BCUT2D eigenvalue weighted by atomic mass is 9.97. The van der Waals surface area contributed by atoms with Gasteiger partial charge in [0, 0.05) is 27.5 Å². The summed E-state index contributed by atoms with van der Waals surface area (Å²) in [5.41, 5.74) is 6.77. The van der Waals surface area contributed by atoms with Crippen molar-refractivity contribution in [1.29, 1.82) is 0 Å². The highest BCUT2D eigenvalue weighted by molar-refractivity contribution is 6.15. The van der Waals surface area contributed by atoms with Crippen LogP contribution in [0.4, 0.5) is 0 Å². The quantitative estimate of drug-likeness (QED) is 0.209. The van der Waals surface area contributed by atoms with Gasteiger partial charge in [0.1, 0.15) is 11.2 Å². The van der Waals surface area contributed by atoms with Crippen molar-refractivity contribution < 1.29 is 4.42 Å². The summed E-state index contributed by atoms with van der Waals surface area (Å²) in [6.45, 7) is 0. The largest absolute Gasteiger partial charge is 0.456 e. The van der Waals surface area contributed by atoms with E-state index in [0.717, 1.165) is 55.0 Å². The molecule has 0 aliphatic heterocycles. The standard InChI is InChI=1S/C41H25N3O/c1-2-11-28(12-3-1)39-42-40(29-22-20-27(21-23-29)33-17-8-15-26-10-6-7-16-32(26)33)44-41(43-39)34-18-9-19-36-38(34)35-24-30-13-4-5-14-31(30)25-37(35)45-36/h1-25H. The van der Waals surface area contributed by atoms with Crippen LogP contribution in [0.3, 0.4) is 0 Å². The molecule has 0 spiro atoms. The van der Waals surface area contributed by atoms with E-state index in [2.05, 4.69) is 103 Å². The highest BCUT2D eigenvalue weighted by Crippen LogP contribution is 2.38. The van der Waals surface area contributed by atoms with Gasteiger partial charge < -0.3 is 4.42 Å². The third-order valence-corrected chi connectivity index (χ3v) is 8.52. The summed E-state index contributed by atoms with van der Waals surface area (Å²) in [4.78, 5) is 15.1. The molecule has 0 saturated carbocycles. The Labute approximate surface area is 259 Å². The van der Waals surface area contributed by atoms with Gasteiger partial charge in [-0.3, -0.25) is 0 Å². The molecule has 0 bridgehead atoms. The number of rotatable bonds is 4. The maximum atomic E-state index is 6.37. The minimum atomic E-state index is 0.610. The molecule has 4 nitrogen and oxygen atoms in total. The molecule has 0 amide bonds. The third-order valence-electron chi connectivity index (χ3n) is 8.52. The summed E-state index contributed by atoms with van der Waals surface area (Å²) in [6, 6.07) is 52.3. The van der Waals surface area contributed by atoms with E-state index >= 15 is 0 Å².